The van der Waals surface area contributed by atoms with E-state index in [2.05, 4.69) is 20.8 Å². The Bertz CT molecular complexity index is 1170. The third-order valence-electron chi connectivity index (χ3n) is 5.21. The fourth-order valence-corrected chi connectivity index (χ4v) is 3.08. The zero-order chi connectivity index (χ0) is 23.4. The first-order valence-corrected chi connectivity index (χ1v) is 10.0. The minimum absolute atomic E-state index is 0.0980. The van der Waals surface area contributed by atoms with Crippen LogP contribution in [0.2, 0.25) is 0 Å². The van der Waals surface area contributed by atoms with Gasteiger partial charge in [-0.05, 0) is 37.1 Å². The molecule has 12 nitrogen and oxygen atoms in total. The number of anilines is 2. The number of rotatable bonds is 8. The molecule has 2 aromatic heterocycles. The standard InChI is InChI=1S/C20H26N8O4/c1-13-14(2)16(24-18(30)8-10-28-20(32)26(4)12-22-28)6-5-15(13)23-17(29)7-9-27-19(31)25(3)11-21-27/h5-6,11-12H,7-10H2,1-4H3,(H,23,29)(H,24,30). The van der Waals surface area contributed by atoms with Gasteiger partial charge in [0.2, 0.25) is 11.8 Å². The first-order chi connectivity index (χ1) is 15.2. The summed E-state index contributed by atoms with van der Waals surface area (Å²) in [7, 11) is 3.19. The van der Waals surface area contributed by atoms with Crippen LogP contribution in [0.3, 0.4) is 0 Å². The molecule has 0 saturated heterocycles. The van der Waals surface area contributed by atoms with Crippen LogP contribution in [0.1, 0.15) is 24.0 Å². The second-order valence-electron chi connectivity index (χ2n) is 7.50. The molecule has 3 rings (SSSR count). The molecule has 0 aliphatic rings. The van der Waals surface area contributed by atoms with Gasteiger partial charge in [0.1, 0.15) is 12.7 Å². The average molecular weight is 442 g/mol. The summed E-state index contributed by atoms with van der Waals surface area (Å²) in [5, 5.41) is 13.5. The molecule has 0 unspecified atom stereocenters. The quantitative estimate of drug-likeness (QED) is 0.509. The number of aryl methyl sites for hydroxylation is 4. The van der Waals surface area contributed by atoms with Crippen molar-refractivity contribution in [3.8, 4) is 0 Å². The Kier molecular flexibility index (Phi) is 6.71. The lowest BCUT2D eigenvalue weighted by atomic mass is 10.1. The summed E-state index contributed by atoms with van der Waals surface area (Å²) in [5.41, 5.74) is 2.31. The third kappa shape index (κ3) is 5.02. The van der Waals surface area contributed by atoms with Gasteiger partial charge in [0.15, 0.2) is 0 Å². The molecule has 1 aromatic carbocycles. The van der Waals surface area contributed by atoms with Crippen molar-refractivity contribution in [1.29, 1.82) is 0 Å². The van der Waals surface area contributed by atoms with Crippen LogP contribution in [-0.2, 0) is 36.8 Å². The number of carbonyl (C=O) groups excluding carboxylic acids is 2. The van der Waals surface area contributed by atoms with Gasteiger partial charge in [-0.15, -0.1) is 0 Å². The molecule has 12 heteroatoms. The Morgan fingerprint density at radius 2 is 1.16 bits per heavy atom. The molecule has 170 valence electrons. The van der Waals surface area contributed by atoms with E-state index in [-0.39, 0.29) is 49.1 Å². The van der Waals surface area contributed by atoms with Gasteiger partial charge in [0.05, 0.1) is 13.1 Å². The summed E-state index contributed by atoms with van der Waals surface area (Å²) in [4.78, 5) is 48.2. The van der Waals surface area contributed by atoms with Crippen molar-refractivity contribution in [3.63, 3.8) is 0 Å². The van der Waals surface area contributed by atoms with Crippen molar-refractivity contribution in [3.05, 3.63) is 56.9 Å². The minimum atomic E-state index is -0.280. The molecule has 0 fully saturated rings. The number of nitrogens with zero attached hydrogens (tertiary/aromatic N) is 6. The number of nitrogens with one attached hydrogen (secondary N) is 2. The maximum atomic E-state index is 12.3. The lowest BCUT2D eigenvalue weighted by Crippen LogP contribution is -2.25. The Morgan fingerprint density at radius 3 is 1.47 bits per heavy atom. The van der Waals surface area contributed by atoms with Crippen LogP contribution in [-0.4, -0.2) is 40.5 Å². The number of amides is 2. The molecule has 3 aromatic rings. The lowest BCUT2D eigenvalue weighted by molar-refractivity contribution is -0.117. The van der Waals surface area contributed by atoms with Gasteiger partial charge in [-0.3, -0.25) is 18.7 Å². The highest BCUT2D eigenvalue weighted by atomic mass is 16.2. The second kappa shape index (κ2) is 9.45. The molecule has 2 heterocycles. The van der Waals surface area contributed by atoms with E-state index in [9.17, 15) is 19.2 Å². The molecule has 2 N–H and O–H groups in total. The minimum Gasteiger partial charge on any atom is -0.326 e. The maximum absolute atomic E-state index is 12.3. The number of carbonyl (C=O) groups is 2. The van der Waals surface area contributed by atoms with E-state index >= 15 is 0 Å². The predicted molar refractivity (Wildman–Crippen MR) is 117 cm³/mol. The van der Waals surface area contributed by atoms with Crippen LogP contribution >= 0.6 is 0 Å². The summed E-state index contributed by atoms with van der Waals surface area (Å²) in [6.45, 7) is 4.04. The van der Waals surface area contributed by atoms with Gasteiger partial charge in [0, 0.05) is 38.3 Å². The van der Waals surface area contributed by atoms with Gasteiger partial charge >= 0.3 is 11.4 Å². The van der Waals surface area contributed by atoms with Crippen LogP contribution in [0.15, 0.2) is 34.4 Å². The van der Waals surface area contributed by atoms with Gasteiger partial charge in [-0.1, -0.05) is 0 Å². The zero-order valence-corrected chi connectivity index (χ0v) is 18.5. The number of aromatic nitrogens is 6. The predicted octanol–water partition coefficient (Wildman–Crippen LogP) is 0.151. The summed E-state index contributed by atoms with van der Waals surface area (Å²) in [6.07, 6.45) is 2.99. The van der Waals surface area contributed by atoms with Gasteiger partial charge < -0.3 is 10.6 Å². The third-order valence-corrected chi connectivity index (χ3v) is 5.21. The van der Waals surface area contributed by atoms with Gasteiger partial charge in [-0.2, -0.15) is 10.2 Å². The van der Waals surface area contributed by atoms with Crippen LogP contribution in [0.4, 0.5) is 11.4 Å². The van der Waals surface area contributed by atoms with Crippen molar-refractivity contribution >= 4 is 23.2 Å². The van der Waals surface area contributed by atoms with Crippen molar-refractivity contribution in [1.82, 2.24) is 28.7 Å². The van der Waals surface area contributed by atoms with Gasteiger partial charge in [0.25, 0.3) is 0 Å². The van der Waals surface area contributed by atoms with Crippen LogP contribution in [0.5, 0.6) is 0 Å². The molecule has 0 spiro atoms. The van der Waals surface area contributed by atoms with Crippen molar-refractivity contribution in [2.45, 2.75) is 39.8 Å². The smallest absolute Gasteiger partial charge is 0.326 e. The van der Waals surface area contributed by atoms with Crippen LogP contribution < -0.4 is 22.0 Å². The average Bonchev–Trinajstić information content (AvgIpc) is 3.25. The van der Waals surface area contributed by atoms with E-state index in [0.29, 0.717) is 11.4 Å². The molecular formula is C20H26N8O4. The highest BCUT2D eigenvalue weighted by Crippen LogP contribution is 2.26. The van der Waals surface area contributed by atoms with Crippen molar-refractivity contribution < 1.29 is 9.59 Å². The normalized spacial score (nSPS) is 10.9. The summed E-state index contributed by atoms with van der Waals surface area (Å²) in [6, 6.07) is 3.43. The molecule has 0 aliphatic heterocycles. The number of hydrogen-bond acceptors (Lipinski definition) is 6. The van der Waals surface area contributed by atoms with E-state index in [0.717, 1.165) is 11.1 Å². The molecule has 0 aliphatic carbocycles. The van der Waals surface area contributed by atoms with Crippen LogP contribution in [0.25, 0.3) is 0 Å². The maximum Gasteiger partial charge on any atom is 0.345 e. The lowest BCUT2D eigenvalue weighted by Gasteiger charge is -2.15. The van der Waals surface area contributed by atoms with E-state index < -0.39 is 0 Å². The van der Waals surface area contributed by atoms with Crippen LogP contribution in [0, 0.1) is 13.8 Å². The fraction of sp³-hybridized carbons (Fsp3) is 0.400. The molecular weight excluding hydrogens is 416 g/mol. The Labute approximate surface area is 183 Å². The molecule has 2 amide bonds. The Balaban J connectivity index is 1.57. The summed E-state index contributed by atoms with van der Waals surface area (Å²) >= 11 is 0. The zero-order valence-electron chi connectivity index (χ0n) is 18.5. The summed E-state index contributed by atoms with van der Waals surface area (Å²) in [5.74, 6) is -0.495. The van der Waals surface area contributed by atoms with Gasteiger partial charge in [-0.25, -0.2) is 19.0 Å². The largest absolute Gasteiger partial charge is 0.345 e. The molecule has 0 bridgehead atoms. The van der Waals surface area contributed by atoms with E-state index in [1.807, 2.05) is 13.8 Å². The molecule has 0 radical (unpaired) electrons. The second-order valence-corrected chi connectivity index (χ2v) is 7.50. The Morgan fingerprint density at radius 1 is 0.781 bits per heavy atom. The molecule has 0 saturated carbocycles. The number of benzene rings is 1. The highest BCUT2D eigenvalue weighted by Gasteiger charge is 2.13. The van der Waals surface area contributed by atoms with Crippen molar-refractivity contribution in [2.24, 2.45) is 14.1 Å². The topological polar surface area (TPSA) is 138 Å². The fourth-order valence-electron chi connectivity index (χ4n) is 3.08. The summed E-state index contributed by atoms with van der Waals surface area (Å²) < 4.78 is 5.14. The van der Waals surface area contributed by atoms with E-state index in [4.69, 9.17) is 0 Å². The first kappa shape index (κ1) is 22.7. The van der Waals surface area contributed by atoms with E-state index in [1.54, 1.807) is 26.2 Å². The Hall–Kier alpha value is -3.96. The number of hydrogen-bond donors (Lipinski definition) is 2. The van der Waals surface area contributed by atoms with E-state index in [1.165, 1.54) is 31.2 Å². The molecule has 0 atom stereocenters. The first-order valence-electron chi connectivity index (χ1n) is 10.0. The van der Waals surface area contributed by atoms with Crippen molar-refractivity contribution in [2.75, 3.05) is 10.6 Å². The molecule has 32 heavy (non-hydrogen) atoms. The SMILES string of the molecule is Cc1c(NC(=O)CCn2ncn(C)c2=O)ccc(NC(=O)CCn2ncn(C)c2=O)c1C. The highest BCUT2D eigenvalue weighted by molar-refractivity contribution is 5.94. The monoisotopic (exact) mass is 442 g/mol.